The lowest BCUT2D eigenvalue weighted by atomic mass is 10.1. The van der Waals surface area contributed by atoms with Gasteiger partial charge in [-0.05, 0) is 52.9 Å². The molecule has 0 atom stereocenters. The summed E-state index contributed by atoms with van der Waals surface area (Å²) >= 11 is 0. The molecule has 0 radical (unpaired) electrons. The number of aromatic nitrogens is 4. The maximum Gasteiger partial charge on any atom is 0.312 e. The van der Waals surface area contributed by atoms with Gasteiger partial charge in [0.2, 0.25) is 0 Å². The van der Waals surface area contributed by atoms with Gasteiger partial charge < -0.3 is 10.2 Å². The number of nitrogens with one attached hydrogen (secondary N) is 1. The Bertz CT molecular complexity index is 818. The predicted octanol–water partition coefficient (Wildman–Crippen LogP) is 0.934. The van der Waals surface area contributed by atoms with Crippen molar-refractivity contribution >= 4 is 11.6 Å². The van der Waals surface area contributed by atoms with Crippen molar-refractivity contribution in [2.75, 3.05) is 20.1 Å². The summed E-state index contributed by atoms with van der Waals surface area (Å²) in [5.74, 6) is -0.197. The minimum absolute atomic E-state index is 0.0115. The zero-order chi connectivity index (χ0) is 18.8. The highest BCUT2D eigenvalue weighted by Gasteiger charge is 2.23. The van der Waals surface area contributed by atoms with E-state index in [0.29, 0.717) is 17.1 Å². The minimum Gasteiger partial charge on any atom is -0.348 e. The van der Waals surface area contributed by atoms with Gasteiger partial charge in [0, 0.05) is 12.2 Å². The first-order valence-electron chi connectivity index (χ1n) is 8.56. The lowest BCUT2D eigenvalue weighted by Gasteiger charge is -2.29. The molecule has 10 heteroatoms. The molecule has 1 amide bonds. The van der Waals surface area contributed by atoms with Crippen LogP contribution in [-0.2, 0) is 6.67 Å². The molecule has 1 fully saturated rings. The topological polar surface area (TPSA) is 111 Å². The lowest BCUT2D eigenvalue weighted by molar-refractivity contribution is -0.386. The van der Waals surface area contributed by atoms with E-state index in [0.717, 1.165) is 25.9 Å². The van der Waals surface area contributed by atoms with Gasteiger partial charge in [-0.3, -0.25) is 19.6 Å². The molecule has 2 aromatic rings. The molecule has 0 aliphatic carbocycles. The molecular formula is C16H23N7O3. The van der Waals surface area contributed by atoms with Crippen LogP contribution >= 0.6 is 0 Å². The predicted molar refractivity (Wildman–Crippen MR) is 94.0 cm³/mol. The van der Waals surface area contributed by atoms with E-state index in [1.807, 2.05) is 0 Å². The monoisotopic (exact) mass is 361 g/mol. The largest absolute Gasteiger partial charge is 0.348 e. The number of amides is 1. The molecule has 1 aliphatic heterocycles. The van der Waals surface area contributed by atoms with Crippen molar-refractivity contribution < 1.29 is 9.72 Å². The van der Waals surface area contributed by atoms with E-state index in [1.54, 1.807) is 30.8 Å². The SMILES string of the molecule is Cc1nn(Cn2ccc(C(=O)NC3CCN(C)CC3)n2)c(C)c1[N+](=O)[O-]. The first-order valence-corrected chi connectivity index (χ1v) is 8.56. The average Bonchev–Trinajstić information content (AvgIpc) is 3.15. The van der Waals surface area contributed by atoms with Gasteiger partial charge in [0.05, 0.1) is 4.92 Å². The van der Waals surface area contributed by atoms with Crippen molar-refractivity contribution in [1.82, 2.24) is 29.8 Å². The van der Waals surface area contributed by atoms with Crippen LogP contribution in [0.2, 0.25) is 0 Å². The molecule has 0 saturated carbocycles. The minimum atomic E-state index is -0.433. The van der Waals surface area contributed by atoms with Crippen LogP contribution < -0.4 is 5.32 Å². The number of rotatable bonds is 5. The second kappa shape index (κ2) is 7.24. The highest BCUT2D eigenvalue weighted by Crippen LogP contribution is 2.21. The number of carbonyl (C=O) groups is 1. The highest BCUT2D eigenvalue weighted by molar-refractivity contribution is 5.92. The van der Waals surface area contributed by atoms with E-state index in [2.05, 4.69) is 27.5 Å². The molecule has 2 aromatic heterocycles. The third-order valence-corrected chi connectivity index (χ3v) is 4.73. The number of hydrogen-bond acceptors (Lipinski definition) is 6. The fraction of sp³-hybridized carbons (Fsp3) is 0.562. The van der Waals surface area contributed by atoms with Crippen molar-refractivity contribution in [2.45, 2.75) is 39.4 Å². The van der Waals surface area contributed by atoms with Crippen molar-refractivity contribution in [1.29, 1.82) is 0 Å². The van der Waals surface area contributed by atoms with Crippen LogP contribution in [-0.4, -0.2) is 61.5 Å². The molecule has 140 valence electrons. The van der Waals surface area contributed by atoms with Crippen molar-refractivity contribution in [2.24, 2.45) is 0 Å². The summed E-state index contributed by atoms with van der Waals surface area (Å²) < 4.78 is 3.06. The maximum atomic E-state index is 12.4. The van der Waals surface area contributed by atoms with E-state index >= 15 is 0 Å². The Hall–Kier alpha value is -2.75. The van der Waals surface area contributed by atoms with Crippen LogP contribution in [0.1, 0.15) is 34.7 Å². The van der Waals surface area contributed by atoms with Crippen molar-refractivity contribution in [3.63, 3.8) is 0 Å². The zero-order valence-corrected chi connectivity index (χ0v) is 15.2. The molecule has 26 heavy (non-hydrogen) atoms. The molecule has 0 unspecified atom stereocenters. The van der Waals surface area contributed by atoms with Gasteiger partial charge in [0.25, 0.3) is 5.91 Å². The molecule has 0 aromatic carbocycles. The van der Waals surface area contributed by atoms with Crippen molar-refractivity contribution in [3.05, 3.63) is 39.5 Å². The molecule has 1 aliphatic rings. The first kappa shape index (κ1) is 18.1. The average molecular weight is 361 g/mol. The fourth-order valence-electron chi connectivity index (χ4n) is 3.20. The van der Waals surface area contributed by atoms with Crippen LogP contribution in [0.25, 0.3) is 0 Å². The Kier molecular flexibility index (Phi) is 5.03. The molecule has 10 nitrogen and oxygen atoms in total. The van der Waals surface area contributed by atoms with Gasteiger partial charge in [0.15, 0.2) is 0 Å². The zero-order valence-electron chi connectivity index (χ0n) is 15.2. The molecule has 0 bridgehead atoms. The van der Waals surface area contributed by atoms with Gasteiger partial charge >= 0.3 is 5.69 Å². The van der Waals surface area contributed by atoms with Crippen molar-refractivity contribution in [3.8, 4) is 0 Å². The van der Waals surface area contributed by atoms with Crippen LogP contribution in [0, 0.1) is 24.0 Å². The number of hydrogen-bond donors (Lipinski definition) is 1. The van der Waals surface area contributed by atoms with E-state index in [4.69, 9.17) is 0 Å². The number of carbonyl (C=O) groups excluding carboxylic acids is 1. The highest BCUT2D eigenvalue weighted by atomic mass is 16.6. The third-order valence-electron chi connectivity index (χ3n) is 4.73. The van der Waals surface area contributed by atoms with E-state index < -0.39 is 4.92 Å². The van der Waals surface area contributed by atoms with E-state index in [9.17, 15) is 14.9 Å². The van der Waals surface area contributed by atoms with E-state index in [-0.39, 0.29) is 24.3 Å². The lowest BCUT2D eigenvalue weighted by Crippen LogP contribution is -2.43. The van der Waals surface area contributed by atoms with E-state index in [1.165, 1.54) is 4.68 Å². The Morgan fingerprint density at radius 3 is 2.65 bits per heavy atom. The molecule has 1 saturated heterocycles. The Morgan fingerprint density at radius 1 is 1.35 bits per heavy atom. The standard InChI is InChI=1S/C16H23N7O3/c1-11-15(23(25)26)12(2)22(18-11)10-21-9-6-14(19-21)16(24)17-13-4-7-20(3)8-5-13/h6,9,13H,4-5,7-8,10H2,1-3H3,(H,17,24). The summed E-state index contributed by atoms with van der Waals surface area (Å²) in [6, 6.07) is 1.81. The van der Waals surface area contributed by atoms with Crippen LogP contribution in [0.5, 0.6) is 0 Å². The summed E-state index contributed by atoms with van der Waals surface area (Å²) in [6.45, 7) is 5.40. The molecule has 1 N–H and O–H groups in total. The second-order valence-electron chi connectivity index (χ2n) is 6.71. The summed E-state index contributed by atoms with van der Waals surface area (Å²) in [4.78, 5) is 25.3. The number of nitrogens with zero attached hydrogens (tertiary/aromatic N) is 6. The van der Waals surface area contributed by atoms with Crippen LogP contribution in [0.15, 0.2) is 12.3 Å². The molecular weight excluding hydrogens is 338 g/mol. The quantitative estimate of drug-likeness (QED) is 0.626. The fourth-order valence-corrected chi connectivity index (χ4v) is 3.20. The molecule has 0 spiro atoms. The van der Waals surface area contributed by atoms with Gasteiger partial charge in [-0.15, -0.1) is 0 Å². The second-order valence-corrected chi connectivity index (χ2v) is 6.71. The number of piperidine rings is 1. The summed E-state index contributed by atoms with van der Waals surface area (Å²) in [5.41, 5.74) is 1.16. The van der Waals surface area contributed by atoms with Gasteiger partial charge in [-0.25, -0.2) is 4.68 Å². The van der Waals surface area contributed by atoms with Gasteiger partial charge in [-0.1, -0.05) is 0 Å². The van der Waals surface area contributed by atoms with Crippen LogP contribution in [0.3, 0.4) is 0 Å². The van der Waals surface area contributed by atoms with Gasteiger partial charge in [0.1, 0.15) is 23.8 Å². The Morgan fingerprint density at radius 2 is 2.04 bits per heavy atom. The first-order chi connectivity index (χ1) is 12.3. The summed E-state index contributed by atoms with van der Waals surface area (Å²) in [5, 5.41) is 22.6. The normalized spacial score (nSPS) is 16.0. The maximum absolute atomic E-state index is 12.4. The molecule has 3 heterocycles. The third kappa shape index (κ3) is 3.74. The van der Waals surface area contributed by atoms with Gasteiger partial charge in [-0.2, -0.15) is 10.2 Å². The number of nitro groups is 1. The smallest absolute Gasteiger partial charge is 0.312 e. The summed E-state index contributed by atoms with van der Waals surface area (Å²) in [7, 11) is 2.07. The summed E-state index contributed by atoms with van der Waals surface area (Å²) in [6.07, 6.45) is 3.53. The van der Waals surface area contributed by atoms with Crippen LogP contribution in [0.4, 0.5) is 5.69 Å². The number of aryl methyl sites for hydroxylation is 1. The number of likely N-dealkylation sites (tertiary alicyclic amines) is 1. The molecule has 3 rings (SSSR count). The Balaban J connectivity index is 1.66. The Labute approximate surface area is 150 Å².